The van der Waals surface area contributed by atoms with E-state index in [9.17, 15) is 4.79 Å². The Labute approximate surface area is 165 Å². The van der Waals surface area contributed by atoms with E-state index in [4.69, 9.17) is 16.3 Å². The quantitative estimate of drug-likeness (QED) is 0.836. The number of hydrogen-bond acceptors (Lipinski definition) is 3. The van der Waals surface area contributed by atoms with Gasteiger partial charge in [-0.25, -0.2) is 0 Å². The number of methoxy groups -OCH3 is 1. The highest BCUT2D eigenvalue weighted by molar-refractivity contribution is 6.33. The van der Waals surface area contributed by atoms with Gasteiger partial charge < -0.3 is 10.1 Å². The number of nitrogens with one attached hydrogen (secondary N) is 1. The zero-order chi connectivity index (χ0) is 18.8. The first-order valence-corrected chi connectivity index (χ1v) is 9.96. The normalized spacial score (nSPS) is 24.6. The standard InChI is InChI=1S/C22H25ClN2O2/c1-27-19-10-6-15(7-11-19)14-25-17-8-9-18(25)13-16(12-17)24-22(26)20-4-2-3-5-21(20)23/h2-7,10-11,16-18H,8-9,12-14H2,1H3,(H,24,26). The first kappa shape index (κ1) is 18.3. The second-order valence-corrected chi connectivity index (χ2v) is 7.93. The molecule has 2 aliphatic rings. The third kappa shape index (κ3) is 3.97. The highest BCUT2D eigenvalue weighted by Crippen LogP contribution is 2.37. The molecule has 2 bridgehead atoms. The summed E-state index contributed by atoms with van der Waals surface area (Å²) in [4.78, 5) is 15.2. The van der Waals surface area contributed by atoms with E-state index in [-0.39, 0.29) is 11.9 Å². The van der Waals surface area contributed by atoms with Crippen molar-refractivity contribution in [3.05, 3.63) is 64.7 Å². The molecule has 2 aliphatic heterocycles. The van der Waals surface area contributed by atoms with Gasteiger partial charge in [0.15, 0.2) is 0 Å². The average molecular weight is 385 g/mol. The minimum Gasteiger partial charge on any atom is -0.497 e. The summed E-state index contributed by atoms with van der Waals surface area (Å²) < 4.78 is 5.25. The Balaban J connectivity index is 1.38. The molecule has 0 aliphatic carbocycles. The van der Waals surface area contributed by atoms with Crippen LogP contribution in [0.5, 0.6) is 5.75 Å². The van der Waals surface area contributed by atoms with Crippen LogP contribution in [0.3, 0.4) is 0 Å². The fourth-order valence-electron chi connectivity index (χ4n) is 4.50. The van der Waals surface area contributed by atoms with Crippen LogP contribution in [0.25, 0.3) is 0 Å². The number of carbonyl (C=O) groups is 1. The van der Waals surface area contributed by atoms with Crippen molar-refractivity contribution >= 4 is 17.5 Å². The van der Waals surface area contributed by atoms with Crippen LogP contribution in [0, 0.1) is 0 Å². The zero-order valence-corrected chi connectivity index (χ0v) is 16.3. The van der Waals surface area contributed by atoms with E-state index in [2.05, 4.69) is 22.3 Å². The van der Waals surface area contributed by atoms with Crippen LogP contribution in [-0.4, -0.2) is 36.0 Å². The third-order valence-electron chi connectivity index (χ3n) is 5.86. The van der Waals surface area contributed by atoms with Crippen LogP contribution in [0.2, 0.25) is 5.02 Å². The van der Waals surface area contributed by atoms with E-state index >= 15 is 0 Å². The minimum atomic E-state index is -0.0615. The lowest BCUT2D eigenvalue weighted by molar-refractivity contribution is 0.0828. The number of fused-ring (bicyclic) bond motifs is 2. The molecule has 0 aromatic heterocycles. The summed E-state index contributed by atoms with van der Waals surface area (Å²) in [5.74, 6) is 0.830. The molecule has 142 valence electrons. The van der Waals surface area contributed by atoms with Gasteiger partial charge in [-0.15, -0.1) is 0 Å². The van der Waals surface area contributed by atoms with E-state index in [1.807, 2.05) is 24.3 Å². The Hall–Kier alpha value is -2.04. The Morgan fingerprint density at radius 3 is 2.41 bits per heavy atom. The number of benzene rings is 2. The van der Waals surface area contributed by atoms with Crippen molar-refractivity contribution in [3.8, 4) is 5.75 Å². The highest BCUT2D eigenvalue weighted by atomic mass is 35.5. The number of carbonyl (C=O) groups excluding carboxylic acids is 1. The molecule has 0 saturated carbocycles. The molecule has 2 unspecified atom stereocenters. The Morgan fingerprint density at radius 2 is 1.78 bits per heavy atom. The Kier molecular flexibility index (Phi) is 5.37. The number of ether oxygens (including phenoxy) is 1. The summed E-state index contributed by atoms with van der Waals surface area (Å²) in [5.41, 5.74) is 1.87. The topological polar surface area (TPSA) is 41.6 Å². The number of hydrogen-bond donors (Lipinski definition) is 1. The van der Waals surface area contributed by atoms with E-state index < -0.39 is 0 Å². The van der Waals surface area contributed by atoms with E-state index in [1.165, 1.54) is 18.4 Å². The van der Waals surface area contributed by atoms with Crippen molar-refractivity contribution in [3.63, 3.8) is 0 Å². The molecule has 2 atom stereocenters. The molecular weight excluding hydrogens is 360 g/mol. The van der Waals surface area contributed by atoms with Gasteiger partial charge in [0, 0.05) is 24.7 Å². The molecule has 2 saturated heterocycles. The Morgan fingerprint density at radius 1 is 1.11 bits per heavy atom. The second kappa shape index (κ2) is 7.91. The van der Waals surface area contributed by atoms with Crippen molar-refractivity contribution in [2.45, 2.75) is 50.4 Å². The molecule has 5 heteroatoms. The highest BCUT2D eigenvalue weighted by Gasteiger charge is 2.41. The van der Waals surface area contributed by atoms with Crippen LogP contribution < -0.4 is 10.1 Å². The fourth-order valence-corrected chi connectivity index (χ4v) is 4.72. The molecular formula is C22H25ClN2O2. The van der Waals surface area contributed by atoms with Crippen LogP contribution >= 0.6 is 11.6 Å². The largest absolute Gasteiger partial charge is 0.497 e. The zero-order valence-electron chi connectivity index (χ0n) is 15.5. The lowest BCUT2D eigenvalue weighted by atomic mass is 9.96. The molecule has 27 heavy (non-hydrogen) atoms. The Bertz CT molecular complexity index is 794. The predicted octanol–water partition coefficient (Wildman–Crippen LogP) is 4.27. The SMILES string of the molecule is COc1ccc(CN2C3CCC2CC(NC(=O)c2ccccc2Cl)C3)cc1. The molecule has 1 amide bonds. The summed E-state index contributed by atoms with van der Waals surface area (Å²) in [6, 6.07) is 16.8. The van der Waals surface area contributed by atoms with Crippen LogP contribution in [0.4, 0.5) is 0 Å². The molecule has 2 fully saturated rings. The molecule has 4 rings (SSSR count). The van der Waals surface area contributed by atoms with Gasteiger partial charge in [-0.1, -0.05) is 35.9 Å². The van der Waals surface area contributed by atoms with Gasteiger partial charge in [-0.3, -0.25) is 9.69 Å². The van der Waals surface area contributed by atoms with E-state index in [0.29, 0.717) is 22.7 Å². The molecule has 4 nitrogen and oxygen atoms in total. The number of amides is 1. The number of piperidine rings is 1. The molecule has 2 aromatic carbocycles. The van der Waals surface area contributed by atoms with Crippen LogP contribution in [-0.2, 0) is 6.54 Å². The van der Waals surface area contributed by atoms with Gasteiger partial charge >= 0.3 is 0 Å². The first-order chi connectivity index (χ1) is 13.1. The van der Waals surface area contributed by atoms with Crippen molar-refractivity contribution in [1.82, 2.24) is 10.2 Å². The smallest absolute Gasteiger partial charge is 0.253 e. The third-order valence-corrected chi connectivity index (χ3v) is 6.19. The van der Waals surface area contributed by atoms with Gasteiger partial charge in [0.1, 0.15) is 5.75 Å². The summed E-state index contributed by atoms with van der Waals surface area (Å²) in [6.45, 7) is 0.963. The second-order valence-electron chi connectivity index (χ2n) is 7.53. The predicted molar refractivity (Wildman–Crippen MR) is 107 cm³/mol. The van der Waals surface area contributed by atoms with Crippen molar-refractivity contribution < 1.29 is 9.53 Å². The van der Waals surface area contributed by atoms with Crippen molar-refractivity contribution in [1.29, 1.82) is 0 Å². The maximum absolute atomic E-state index is 12.6. The van der Waals surface area contributed by atoms with Crippen molar-refractivity contribution in [2.75, 3.05) is 7.11 Å². The molecule has 0 radical (unpaired) electrons. The minimum absolute atomic E-state index is 0.0615. The van der Waals surface area contributed by atoms with Crippen LogP contribution in [0.15, 0.2) is 48.5 Å². The van der Waals surface area contributed by atoms with Crippen molar-refractivity contribution in [2.24, 2.45) is 0 Å². The summed E-state index contributed by atoms with van der Waals surface area (Å²) in [6.07, 6.45) is 4.42. The van der Waals surface area contributed by atoms with E-state index in [0.717, 1.165) is 25.1 Å². The summed E-state index contributed by atoms with van der Waals surface area (Å²) in [7, 11) is 1.69. The lowest BCUT2D eigenvalue weighted by Gasteiger charge is -2.39. The van der Waals surface area contributed by atoms with Gasteiger partial charge in [-0.2, -0.15) is 0 Å². The average Bonchev–Trinajstić information content (AvgIpc) is 2.91. The van der Waals surface area contributed by atoms with Gasteiger partial charge in [0.05, 0.1) is 17.7 Å². The number of halogens is 1. The lowest BCUT2D eigenvalue weighted by Crippen LogP contribution is -2.50. The van der Waals surface area contributed by atoms with Gasteiger partial charge in [-0.05, 0) is 55.5 Å². The molecule has 2 aromatic rings. The van der Waals surface area contributed by atoms with E-state index in [1.54, 1.807) is 19.2 Å². The number of nitrogens with zero attached hydrogens (tertiary/aromatic N) is 1. The summed E-state index contributed by atoms with van der Waals surface area (Å²) in [5, 5.41) is 3.72. The number of rotatable bonds is 5. The molecule has 2 heterocycles. The maximum atomic E-state index is 12.6. The molecule has 0 spiro atoms. The first-order valence-electron chi connectivity index (χ1n) is 9.58. The fraction of sp³-hybridized carbons (Fsp3) is 0.409. The molecule has 1 N–H and O–H groups in total. The maximum Gasteiger partial charge on any atom is 0.253 e. The monoisotopic (exact) mass is 384 g/mol. The summed E-state index contributed by atoms with van der Waals surface area (Å²) >= 11 is 6.16. The van der Waals surface area contributed by atoms with Crippen LogP contribution in [0.1, 0.15) is 41.6 Å². The van der Waals surface area contributed by atoms with Gasteiger partial charge in [0.2, 0.25) is 0 Å². The van der Waals surface area contributed by atoms with Gasteiger partial charge in [0.25, 0.3) is 5.91 Å².